The molecular formula is C14H17BrN2O2. The molecule has 0 radical (unpaired) electrons. The molecular weight excluding hydrogens is 308 g/mol. The van der Waals surface area contributed by atoms with Crippen molar-refractivity contribution >= 4 is 21.7 Å². The quantitative estimate of drug-likeness (QED) is 0.755. The minimum absolute atomic E-state index is 0.0237. The standard InChI is InChI=1S/C14H17BrN2O2/c1-10(6-7-16)17(2)9-13(18)11-4-5-14(19-3)12(15)8-11/h4-5,8,10H,6,9H2,1-3H3. The molecule has 4 nitrogen and oxygen atoms in total. The van der Waals surface area contributed by atoms with Crippen LogP contribution >= 0.6 is 15.9 Å². The molecule has 0 heterocycles. The van der Waals surface area contributed by atoms with E-state index in [1.807, 2.05) is 18.9 Å². The molecule has 19 heavy (non-hydrogen) atoms. The molecule has 0 spiro atoms. The van der Waals surface area contributed by atoms with E-state index in [0.29, 0.717) is 24.3 Å². The number of carbonyl (C=O) groups excluding carboxylic acids is 1. The van der Waals surface area contributed by atoms with Gasteiger partial charge in [-0.15, -0.1) is 0 Å². The molecule has 1 atom stereocenters. The zero-order valence-corrected chi connectivity index (χ0v) is 12.9. The van der Waals surface area contributed by atoms with Gasteiger partial charge in [-0.1, -0.05) is 0 Å². The first-order chi connectivity index (χ1) is 8.99. The smallest absolute Gasteiger partial charge is 0.176 e. The molecule has 1 unspecified atom stereocenters. The Morgan fingerprint density at radius 2 is 2.26 bits per heavy atom. The first kappa shape index (κ1) is 15.7. The highest BCUT2D eigenvalue weighted by Crippen LogP contribution is 2.25. The number of hydrogen-bond acceptors (Lipinski definition) is 4. The first-order valence-corrected chi connectivity index (χ1v) is 6.72. The van der Waals surface area contributed by atoms with Crippen LogP contribution in [0.1, 0.15) is 23.7 Å². The van der Waals surface area contributed by atoms with E-state index in [2.05, 4.69) is 22.0 Å². The van der Waals surface area contributed by atoms with Crippen LogP contribution in [-0.2, 0) is 0 Å². The van der Waals surface area contributed by atoms with Gasteiger partial charge in [-0.25, -0.2) is 0 Å². The fourth-order valence-corrected chi connectivity index (χ4v) is 2.14. The average Bonchev–Trinajstić information content (AvgIpc) is 2.38. The highest BCUT2D eigenvalue weighted by Gasteiger charge is 2.15. The SMILES string of the molecule is COc1ccc(C(=O)CN(C)C(C)CC#N)cc1Br. The Bertz CT molecular complexity index is 497. The van der Waals surface area contributed by atoms with Crippen molar-refractivity contribution in [2.75, 3.05) is 20.7 Å². The number of halogens is 1. The lowest BCUT2D eigenvalue weighted by Gasteiger charge is -2.21. The third-order valence-corrected chi connectivity index (χ3v) is 3.63. The lowest BCUT2D eigenvalue weighted by molar-refractivity contribution is 0.0925. The number of likely N-dealkylation sites (N-methyl/N-ethyl adjacent to an activating group) is 1. The maximum Gasteiger partial charge on any atom is 0.176 e. The van der Waals surface area contributed by atoms with Crippen molar-refractivity contribution in [2.24, 2.45) is 0 Å². The minimum atomic E-state index is 0.0237. The molecule has 0 aromatic heterocycles. The average molecular weight is 325 g/mol. The van der Waals surface area contributed by atoms with Gasteiger partial charge in [0.15, 0.2) is 5.78 Å². The Hall–Kier alpha value is -1.38. The van der Waals surface area contributed by atoms with Crippen LogP contribution in [0.15, 0.2) is 22.7 Å². The van der Waals surface area contributed by atoms with Crippen LogP contribution < -0.4 is 4.74 Å². The van der Waals surface area contributed by atoms with E-state index in [1.54, 1.807) is 25.3 Å². The number of ether oxygens (including phenoxy) is 1. The Labute approximate surface area is 122 Å². The van der Waals surface area contributed by atoms with Crippen molar-refractivity contribution in [1.82, 2.24) is 4.90 Å². The second kappa shape index (κ2) is 7.27. The van der Waals surface area contributed by atoms with Crippen LogP contribution in [0.5, 0.6) is 5.75 Å². The van der Waals surface area contributed by atoms with Gasteiger partial charge in [0.25, 0.3) is 0 Å². The van der Waals surface area contributed by atoms with Gasteiger partial charge in [0, 0.05) is 11.6 Å². The van der Waals surface area contributed by atoms with Crippen molar-refractivity contribution < 1.29 is 9.53 Å². The topological polar surface area (TPSA) is 53.3 Å². The van der Waals surface area contributed by atoms with Crippen molar-refractivity contribution in [2.45, 2.75) is 19.4 Å². The number of benzene rings is 1. The van der Waals surface area contributed by atoms with Gasteiger partial charge in [0.05, 0.1) is 30.6 Å². The van der Waals surface area contributed by atoms with Gasteiger partial charge in [-0.2, -0.15) is 5.26 Å². The highest BCUT2D eigenvalue weighted by atomic mass is 79.9. The summed E-state index contributed by atoms with van der Waals surface area (Å²) in [5.41, 5.74) is 0.628. The first-order valence-electron chi connectivity index (χ1n) is 5.93. The van der Waals surface area contributed by atoms with E-state index in [1.165, 1.54) is 0 Å². The van der Waals surface area contributed by atoms with Gasteiger partial charge in [0.1, 0.15) is 5.75 Å². The number of carbonyl (C=O) groups is 1. The van der Waals surface area contributed by atoms with Crippen molar-refractivity contribution in [3.63, 3.8) is 0 Å². The molecule has 0 N–H and O–H groups in total. The maximum absolute atomic E-state index is 12.1. The molecule has 0 amide bonds. The number of nitrogens with zero attached hydrogens (tertiary/aromatic N) is 2. The molecule has 102 valence electrons. The predicted octanol–water partition coefficient (Wildman–Crippen LogP) is 2.87. The monoisotopic (exact) mass is 324 g/mol. The number of ketones is 1. The highest BCUT2D eigenvalue weighted by molar-refractivity contribution is 9.10. The molecule has 5 heteroatoms. The molecule has 0 aliphatic carbocycles. The van der Waals surface area contributed by atoms with E-state index in [-0.39, 0.29) is 11.8 Å². The van der Waals surface area contributed by atoms with E-state index in [0.717, 1.165) is 4.47 Å². The summed E-state index contributed by atoms with van der Waals surface area (Å²) >= 11 is 3.36. The lowest BCUT2D eigenvalue weighted by atomic mass is 10.1. The summed E-state index contributed by atoms with van der Waals surface area (Å²) in [6.07, 6.45) is 0.413. The molecule has 1 rings (SSSR count). The number of methoxy groups -OCH3 is 1. The summed E-state index contributed by atoms with van der Waals surface area (Å²) in [6, 6.07) is 7.43. The van der Waals surface area contributed by atoms with Crippen molar-refractivity contribution in [3.05, 3.63) is 28.2 Å². The second-order valence-corrected chi connectivity index (χ2v) is 5.25. The van der Waals surface area contributed by atoms with Crippen LogP contribution in [0.2, 0.25) is 0 Å². The lowest BCUT2D eigenvalue weighted by Crippen LogP contribution is -2.33. The van der Waals surface area contributed by atoms with E-state index in [9.17, 15) is 4.79 Å². The molecule has 0 bridgehead atoms. The predicted molar refractivity (Wildman–Crippen MR) is 77.3 cm³/mol. The fraction of sp³-hybridized carbons (Fsp3) is 0.429. The summed E-state index contributed by atoms with van der Waals surface area (Å²) in [5.74, 6) is 0.721. The number of hydrogen-bond donors (Lipinski definition) is 0. The van der Waals surface area contributed by atoms with E-state index >= 15 is 0 Å². The molecule has 0 saturated heterocycles. The normalized spacial score (nSPS) is 12.0. The van der Waals surface area contributed by atoms with Gasteiger partial charge in [0.2, 0.25) is 0 Å². The largest absolute Gasteiger partial charge is 0.496 e. The van der Waals surface area contributed by atoms with Gasteiger partial charge in [-0.3, -0.25) is 9.69 Å². The minimum Gasteiger partial charge on any atom is -0.496 e. The third-order valence-electron chi connectivity index (χ3n) is 3.01. The van der Waals surface area contributed by atoms with Gasteiger partial charge < -0.3 is 4.74 Å². The van der Waals surface area contributed by atoms with E-state index < -0.39 is 0 Å². The molecule has 1 aromatic carbocycles. The van der Waals surface area contributed by atoms with E-state index in [4.69, 9.17) is 10.00 Å². The Kier molecular flexibility index (Phi) is 6.00. The molecule has 1 aromatic rings. The summed E-state index contributed by atoms with van der Waals surface area (Å²) in [5, 5.41) is 8.65. The summed E-state index contributed by atoms with van der Waals surface area (Å²) < 4.78 is 5.88. The number of rotatable bonds is 6. The van der Waals surface area contributed by atoms with Gasteiger partial charge in [-0.05, 0) is 48.1 Å². The van der Waals surface area contributed by atoms with Gasteiger partial charge >= 0.3 is 0 Å². The Balaban J connectivity index is 2.73. The summed E-state index contributed by atoms with van der Waals surface area (Å²) in [6.45, 7) is 2.22. The van der Waals surface area contributed by atoms with Crippen LogP contribution in [0.3, 0.4) is 0 Å². The Morgan fingerprint density at radius 1 is 1.58 bits per heavy atom. The maximum atomic E-state index is 12.1. The summed E-state index contributed by atoms with van der Waals surface area (Å²) in [7, 11) is 3.43. The van der Waals surface area contributed by atoms with Crippen LogP contribution in [0, 0.1) is 11.3 Å². The third kappa shape index (κ3) is 4.34. The zero-order valence-electron chi connectivity index (χ0n) is 11.3. The number of Topliss-reactive ketones (excluding diaryl/α,β-unsaturated/α-hetero) is 1. The van der Waals surface area contributed by atoms with Crippen molar-refractivity contribution in [3.8, 4) is 11.8 Å². The van der Waals surface area contributed by atoms with Crippen LogP contribution in [0.4, 0.5) is 0 Å². The van der Waals surface area contributed by atoms with Crippen LogP contribution in [-0.4, -0.2) is 37.4 Å². The number of nitriles is 1. The Morgan fingerprint density at radius 3 is 2.79 bits per heavy atom. The zero-order chi connectivity index (χ0) is 14.4. The second-order valence-electron chi connectivity index (χ2n) is 4.40. The molecule has 0 aliphatic heterocycles. The molecule has 0 saturated carbocycles. The van der Waals surface area contributed by atoms with Crippen LogP contribution in [0.25, 0.3) is 0 Å². The summed E-state index contributed by atoms with van der Waals surface area (Å²) in [4.78, 5) is 14.0. The van der Waals surface area contributed by atoms with Crippen molar-refractivity contribution in [1.29, 1.82) is 5.26 Å². The molecule has 0 aliphatic rings. The molecule has 0 fully saturated rings. The fourth-order valence-electron chi connectivity index (χ4n) is 1.60.